The summed E-state index contributed by atoms with van der Waals surface area (Å²) in [6.07, 6.45) is 1.57. The molecular weight excluding hydrogens is 404 g/mol. The normalized spacial score (nSPS) is 20.1. The average Bonchev–Trinajstić information content (AvgIpc) is 2.76. The van der Waals surface area contributed by atoms with Crippen LogP contribution in [-0.2, 0) is 14.3 Å². The largest absolute Gasteiger partial charge is 0.496 e. The lowest BCUT2D eigenvalue weighted by Crippen LogP contribution is -2.56. The molecule has 3 aliphatic heterocycles. The fourth-order valence-electron chi connectivity index (χ4n) is 3.64. The lowest BCUT2D eigenvalue weighted by Gasteiger charge is -2.29. The molecule has 1 N–H and O–H groups in total. The lowest BCUT2D eigenvalue weighted by atomic mass is 9.96. The SMILES string of the molecule is CCOC1=C(C)C=NC2=[N+](C)C(=O)N(CC(=O)Nc3ccc4c(c3)OCCO4)C(=O)C12. The lowest BCUT2D eigenvalue weighted by molar-refractivity contribution is -0.408. The molecule has 0 aliphatic carbocycles. The molecule has 10 nitrogen and oxygen atoms in total. The van der Waals surface area contributed by atoms with E-state index >= 15 is 0 Å². The number of imide groups is 1. The quantitative estimate of drug-likeness (QED) is 0.712. The number of hydrogen-bond donors (Lipinski definition) is 1. The number of rotatable bonds is 5. The zero-order chi connectivity index (χ0) is 22.1. The van der Waals surface area contributed by atoms with Crippen LogP contribution < -0.4 is 14.8 Å². The third kappa shape index (κ3) is 3.76. The van der Waals surface area contributed by atoms with Crippen LogP contribution in [0.3, 0.4) is 0 Å². The molecule has 0 saturated carbocycles. The highest BCUT2D eigenvalue weighted by Crippen LogP contribution is 2.33. The van der Waals surface area contributed by atoms with Gasteiger partial charge in [-0.3, -0.25) is 9.59 Å². The van der Waals surface area contributed by atoms with Crippen molar-refractivity contribution in [2.24, 2.45) is 10.9 Å². The molecule has 31 heavy (non-hydrogen) atoms. The van der Waals surface area contributed by atoms with E-state index < -0.39 is 30.3 Å². The number of amides is 4. The van der Waals surface area contributed by atoms with Crippen LogP contribution in [0.1, 0.15) is 13.8 Å². The van der Waals surface area contributed by atoms with Crippen LogP contribution in [0.5, 0.6) is 11.5 Å². The number of allylic oxidation sites excluding steroid dienone is 1. The van der Waals surface area contributed by atoms with Crippen LogP contribution in [0.2, 0.25) is 0 Å². The van der Waals surface area contributed by atoms with Gasteiger partial charge < -0.3 is 19.5 Å². The second kappa shape index (κ2) is 8.21. The molecule has 10 heteroatoms. The monoisotopic (exact) mass is 427 g/mol. The summed E-state index contributed by atoms with van der Waals surface area (Å²) in [5.74, 6) is -0.0892. The summed E-state index contributed by atoms with van der Waals surface area (Å²) in [6.45, 7) is 4.40. The van der Waals surface area contributed by atoms with E-state index in [1.807, 2.05) is 6.92 Å². The number of urea groups is 1. The van der Waals surface area contributed by atoms with E-state index in [1.54, 1.807) is 31.3 Å². The van der Waals surface area contributed by atoms with Crippen molar-refractivity contribution in [2.45, 2.75) is 13.8 Å². The fourth-order valence-corrected chi connectivity index (χ4v) is 3.64. The first-order chi connectivity index (χ1) is 14.9. The molecule has 162 valence electrons. The summed E-state index contributed by atoms with van der Waals surface area (Å²) in [5.41, 5.74) is 1.17. The summed E-state index contributed by atoms with van der Waals surface area (Å²) in [7, 11) is 1.52. The Kier molecular flexibility index (Phi) is 5.45. The van der Waals surface area contributed by atoms with Crippen LogP contribution in [-0.4, -0.2) is 72.8 Å². The molecule has 0 spiro atoms. The first-order valence-corrected chi connectivity index (χ1v) is 9.93. The Balaban J connectivity index is 1.54. The van der Waals surface area contributed by atoms with Crippen molar-refractivity contribution in [1.82, 2.24) is 4.90 Å². The van der Waals surface area contributed by atoms with Gasteiger partial charge in [0.2, 0.25) is 0 Å². The molecule has 4 amide bonds. The number of nitrogens with zero attached hydrogens (tertiary/aromatic N) is 3. The smallest absolute Gasteiger partial charge is 0.446 e. The summed E-state index contributed by atoms with van der Waals surface area (Å²) in [4.78, 5) is 43.8. The van der Waals surface area contributed by atoms with Crippen LogP contribution in [0.15, 0.2) is 34.5 Å². The molecular formula is C21H23N4O6+. The third-order valence-electron chi connectivity index (χ3n) is 5.10. The number of ether oxygens (including phenoxy) is 3. The highest BCUT2D eigenvalue weighted by Gasteiger charge is 2.50. The van der Waals surface area contributed by atoms with Crippen molar-refractivity contribution in [1.29, 1.82) is 0 Å². The molecule has 0 fully saturated rings. The maximum absolute atomic E-state index is 13.2. The van der Waals surface area contributed by atoms with Gasteiger partial charge in [-0.25, -0.2) is 4.79 Å². The molecule has 0 bridgehead atoms. The second-order valence-corrected chi connectivity index (χ2v) is 7.20. The van der Waals surface area contributed by atoms with Crippen molar-refractivity contribution >= 4 is 35.6 Å². The maximum atomic E-state index is 13.2. The van der Waals surface area contributed by atoms with Crippen LogP contribution in [0.4, 0.5) is 10.5 Å². The number of anilines is 1. The second-order valence-electron chi connectivity index (χ2n) is 7.20. The minimum absolute atomic E-state index is 0.285. The Morgan fingerprint density at radius 2 is 2.03 bits per heavy atom. The number of aliphatic imine (C=N–C) groups is 1. The van der Waals surface area contributed by atoms with Crippen LogP contribution in [0, 0.1) is 5.92 Å². The Morgan fingerprint density at radius 1 is 1.29 bits per heavy atom. The predicted octanol–water partition coefficient (Wildman–Crippen LogP) is 1.41. The zero-order valence-electron chi connectivity index (χ0n) is 17.5. The van der Waals surface area contributed by atoms with Gasteiger partial charge >= 0.3 is 11.9 Å². The first kappa shape index (κ1) is 20.6. The Labute approximate surface area is 178 Å². The highest BCUT2D eigenvalue weighted by atomic mass is 16.6. The molecule has 0 radical (unpaired) electrons. The van der Waals surface area contributed by atoms with Gasteiger partial charge in [0, 0.05) is 17.3 Å². The first-order valence-electron chi connectivity index (χ1n) is 9.93. The number of dihydropyridines is 1. The number of hydrogen-bond acceptors (Lipinski definition) is 7. The van der Waals surface area contributed by atoms with E-state index in [0.29, 0.717) is 48.3 Å². The van der Waals surface area contributed by atoms with E-state index in [9.17, 15) is 14.4 Å². The minimum atomic E-state index is -0.866. The number of amidine groups is 1. The third-order valence-corrected chi connectivity index (χ3v) is 5.10. The zero-order valence-corrected chi connectivity index (χ0v) is 17.5. The van der Waals surface area contributed by atoms with Gasteiger partial charge in [0.25, 0.3) is 11.7 Å². The summed E-state index contributed by atoms with van der Waals surface area (Å²) >= 11 is 0. The molecule has 1 aromatic rings. The molecule has 1 unspecified atom stereocenters. The Bertz CT molecular complexity index is 1060. The molecule has 3 heterocycles. The predicted molar refractivity (Wildman–Crippen MR) is 111 cm³/mol. The minimum Gasteiger partial charge on any atom is -0.496 e. The van der Waals surface area contributed by atoms with E-state index in [-0.39, 0.29) is 5.84 Å². The van der Waals surface area contributed by atoms with E-state index in [2.05, 4.69) is 10.3 Å². The summed E-state index contributed by atoms with van der Waals surface area (Å²) in [6, 6.07) is 4.37. The number of benzene rings is 1. The van der Waals surface area contributed by atoms with Gasteiger partial charge in [0.1, 0.15) is 25.2 Å². The van der Waals surface area contributed by atoms with Gasteiger partial charge in [-0.1, -0.05) is 0 Å². The van der Waals surface area contributed by atoms with Gasteiger partial charge in [-0.15, -0.1) is 4.99 Å². The number of carbonyl (C=O) groups is 3. The summed E-state index contributed by atoms with van der Waals surface area (Å²) in [5, 5.41) is 2.69. The Morgan fingerprint density at radius 3 is 2.77 bits per heavy atom. The maximum Gasteiger partial charge on any atom is 0.446 e. The summed E-state index contributed by atoms with van der Waals surface area (Å²) < 4.78 is 17.9. The van der Waals surface area contributed by atoms with Gasteiger partial charge in [-0.05, 0) is 26.0 Å². The molecule has 0 aromatic heterocycles. The molecule has 3 aliphatic rings. The van der Waals surface area contributed by atoms with Crippen molar-refractivity contribution in [3.05, 3.63) is 29.5 Å². The van der Waals surface area contributed by atoms with Crippen molar-refractivity contribution in [3.8, 4) is 11.5 Å². The highest BCUT2D eigenvalue weighted by molar-refractivity contribution is 6.17. The average molecular weight is 427 g/mol. The van der Waals surface area contributed by atoms with Crippen molar-refractivity contribution in [3.63, 3.8) is 0 Å². The number of fused-ring (bicyclic) bond motifs is 2. The van der Waals surface area contributed by atoms with E-state index in [4.69, 9.17) is 14.2 Å². The van der Waals surface area contributed by atoms with Crippen molar-refractivity contribution < 1.29 is 33.2 Å². The molecule has 1 aromatic carbocycles. The van der Waals surface area contributed by atoms with Gasteiger partial charge in [0.05, 0.1) is 13.7 Å². The number of nitrogens with one attached hydrogen (secondary N) is 1. The van der Waals surface area contributed by atoms with Gasteiger partial charge in [-0.2, -0.15) is 9.48 Å². The fraction of sp³-hybridized carbons (Fsp3) is 0.381. The van der Waals surface area contributed by atoms with Crippen LogP contribution >= 0.6 is 0 Å². The van der Waals surface area contributed by atoms with Crippen LogP contribution in [0.25, 0.3) is 0 Å². The topological polar surface area (TPSA) is 110 Å². The standard InChI is InChI=1S/C21H22N4O6/c1-4-29-18-12(2)10-22-19-17(18)20(27)25(21(28)24(19)3)11-16(26)23-13-5-6-14-15(9-13)31-8-7-30-14/h5-6,9-10,17H,4,7-8,11H2,1-3H3/p+1. The van der Waals surface area contributed by atoms with E-state index in [0.717, 1.165) is 4.90 Å². The van der Waals surface area contributed by atoms with Crippen molar-refractivity contribution in [2.75, 3.05) is 38.7 Å². The number of carbonyl (C=O) groups excluding carboxylic acids is 3. The molecule has 0 saturated heterocycles. The molecule has 1 atom stereocenters. The Hall–Kier alpha value is -3.69. The van der Waals surface area contributed by atoms with E-state index in [1.165, 1.54) is 11.6 Å². The molecule has 4 rings (SSSR count). The van der Waals surface area contributed by atoms with Gasteiger partial charge in [0.15, 0.2) is 24.0 Å².